The lowest BCUT2D eigenvalue weighted by molar-refractivity contribution is -0.146. The van der Waals surface area contributed by atoms with Crippen LogP contribution in [0.25, 0.3) is 0 Å². The van der Waals surface area contributed by atoms with Crippen molar-refractivity contribution in [3.8, 4) is 0 Å². The quantitative estimate of drug-likeness (QED) is 0.867. The molecule has 1 aliphatic rings. The monoisotopic (exact) mass is 255 g/mol. The number of aromatic nitrogens is 3. The summed E-state index contributed by atoms with van der Waals surface area (Å²) < 4.78 is 1.70. The molecule has 1 fully saturated rings. The molecule has 7 heteroatoms. The largest absolute Gasteiger partial charge is 0.481 e. The second kappa shape index (κ2) is 4.87. The number of rotatable bonds is 4. The van der Waals surface area contributed by atoms with Crippen LogP contribution in [0.4, 0.5) is 0 Å². The van der Waals surface area contributed by atoms with Gasteiger partial charge in [-0.05, 0) is 12.8 Å². The number of hydrogen-bond acceptors (Lipinski definition) is 5. The van der Waals surface area contributed by atoms with Gasteiger partial charge in [-0.25, -0.2) is 4.68 Å². The first-order valence-corrected chi connectivity index (χ1v) is 6.31. The average Bonchev–Trinajstić information content (AvgIpc) is 2.60. The van der Waals surface area contributed by atoms with Crippen LogP contribution in [0, 0.1) is 5.92 Å². The standard InChI is InChI=1S/C10H13N3O3S/c1-6(14)17-5-8-4-13(12-11-8)9-2-7(3-9)10(15)16/h4,7,9H,2-3,5H2,1H3,(H,15,16). The van der Waals surface area contributed by atoms with Crippen molar-refractivity contribution >= 4 is 22.8 Å². The Morgan fingerprint density at radius 1 is 1.59 bits per heavy atom. The lowest BCUT2D eigenvalue weighted by Crippen LogP contribution is -2.32. The van der Waals surface area contributed by atoms with Crippen molar-refractivity contribution in [2.75, 3.05) is 0 Å². The minimum Gasteiger partial charge on any atom is -0.481 e. The van der Waals surface area contributed by atoms with Crippen LogP contribution in [-0.4, -0.2) is 31.2 Å². The Bertz CT molecular complexity index is 440. The highest BCUT2D eigenvalue weighted by atomic mass is 32.2. The second-order valence-electron chi connectivity index (χ2n) is 4.13. The summed E-state index contributed by atoms with van der Waals surface area (Å²) in [7, 11) is 0. The number of thioether (sulfide) groups is 1. The van der Waals surface area contributed by atoms with E-state index in [-0.39, 0.29) is 17.1 Å². The molecule has 2 rings (SSSR count). The first kappa shape index (κ1) is 12.1. The summed E-state index contributed by atoms with van der Waals surface area (Å²) >= 11 is 1.19. The number of carboxylic acid groups (broad SMARTS) is 1. The highest BCUT2D eigenvalue weighted by Crippen LogP contribution is 2.37. The minimum atomic E-state index is -0.742. The van der Waals surface area contributed by atoms with Crippen LogP contribution in [0.1, 0.15) is 31.5 Å². The Morgan fingerprint density at radius 3 is 2.88 bits per heavy atom. The fourth-order valence-electron chi connectivity index (χ4n) is 1.74. The van der Waals surface area contributed by atoms with E-state index in [1.165, 1.54) is 18.7 Å². The van der Waals surface area contributed by atoms with Crippen LogP contribution in [0.2, 0.25) is 0 Å². The first-order chi connectivity index (χ1) is 8.06. The molecule has 1 saturated carbocycles. The number of carbonyl (C=O) groups excluding carboxylic acids is 1. The maximum atomic E-state index is 10.8. The molecule has 92 valence electrons. The second-order valence-corrected chi connectivity index (χ2v) is 5.28. The van der Waals surface area contributed by atoms with Crippen LogP contribution in [0.3, 0.4) is 0 Å². The van der Waals surface area contributed by atoms with Gasteiger partial charge in [0, 0.05) is 18.9 Å². The number of carboxylic acids is 1. The Hall–Kier alpha value is -1.37. The van der Waals surface area contributed by atoms with Crippen LogP contribution < -0.4 is 0 Å². The molecule has 0 bridgehead atoms. The molecule has 1 heterocycles. The fourth-order valence-corrected chi connectivity index (χ4v) is 2.22. The van der Waals surface area contributed by atoms with Gasteiger partial charge in [0.1, 0.15) is 0 Å². The Morgan fingerprint density at radius 2 is 2.29 bits per heavy atom. The molecule has 1 N–H and O–H groups in total. The zero-order chi connectivity index (χ0) is 12.4. The summed E-state index contributed by atoms with van der Waals surface area (Å²) in [5.41, 5.74) is 0.754. The molecule has 6 nitrogen and oxygen atoms in total. The van der Waals surface area contributed by atoms with Gasteiger partial charge in [0.25, 0.3) is 0 Å². The molecule has 17 heavy (non-hydrogen) atoms. The molecular weight excluding hydrogens is 242 g/mol. The molecule has 0 amide bonds. The molecule has 0 radical (unpaired) electrons. The van der Waals surface area contributed by atoms with Crippen molar-refractivity contribution in [3.63, 3.8) is 0 Å². The van der Waals surface area contributed by atoms with E-state index >= 15 is 0 Å². The van der Waals surface area contributed by atoms with Gasteiger partial charge in [0.2, 0.25) is 0 Å². The van der Waals surface area contributed by atoms with Gasteiger partial charge in [-0.15, -0.1) is 5.10 Å². The zero-order valence-corrected chi connectivity index (χ0v) is 10.2. The third-order valence-corrected chi connectivity index (χ3v) is 3.66. The SMILES string of the molecule is CC(=O)SCc1cn(C2CC(C(=O)O)C2)nn1. The van der Waals surface area contributed by atoms with E-state index in [1.807, 2.05) is 0 Å². The smallest absolute Gasteiger partial charge is 0.306 e. The van der Waals surface area contributed by atoms with E-state index in [2.05, 4.69) is 10.3 Å². The summed E-state index contributed by atoms with van der Waals surface area (Å²) in [6.07, 6.45) is 3.01. The molecule has 0 atom stereocenters. The maximum Gasteiger partial charge on any atom is 0.306 e. The molecule has 0 spiro atoms. The van der Waals surface area contributed by atoms with Crippen molar-refractivity contribution in [3.05, 3.63) is 11.9 Å². The highest BCUT2D eigenvalue weighted by Gasteiger charge is 2.36. The number of hydrogen-bond donors (Lipinski definition) is 1. The van der Waals surface area contributed by atoms with Crippen molar-refractivity contribution in [2.24, 2.45) is 5.92 Å². The van der Waals surface area contributed by atoms with E-state index in [0.717, 1.165) is 5.69 Å². The van der Waals surface area contributed by atoms with Crippen molar-refractivity contribution in [2.45, 2.75) is 31.6 Å². The third kappa shape index (κ3) is 2.85. The van der Waals surface area contributed by atoms with Crippen LogP contribution >= 0.6 is 11.8 Å². The van der Waals surface area contributed by atoms with E-state index in [9.17, 15) is 9.59 Å². The maximum absolute atomic E-state index is 10.8. The summed E-state index contributed by atoms with van der Waals surface area (Å²) in [5, 5.41) is 16.7. The van der Waals surface area contributed by atoms with Crippen LogP contribution in [0.15, 0.2) is 6.20 Å². The molecule has 0 saturated heterocycles. The lowest BCUT2D eigenvalue weighted by Gasteiger charge is -2.31. The van der Waals surface area contributed by atoms with Gasteiger partial charge in [0.15, 0.2) is 5.12 Å². The van der Waals surface area contributed by atoms with Gasteiger partial charge < -0.3 is 5.11 Å². The normalized spacial score (nSPS) is 23.1. The van der Waals surface area contributed by atoms with Crippen LogP contribution in [-0.2, 0) is 15.3 Å². The Balaban J connectivity index is 1.87. The van der Waals surface area contributed by atoms with Gasteiger partial charge in [-0.1, -0.05) is 17.0 Å². The zero-order valence-electron chi connectivity index (χ0n) is 9.37. The van der Waals surface area contributed by atoms with Gasteiger partial charge in [0.05, 0.1) is 17.7 Å². The minimum absolute atomic E-state index is 0.0501. The average molecular weight is 255 g/mol. The predicted molar refractivity (Wildman–Crippen MR) is 61.4 cm³/mol. The van der Waals surface area contributed by atoms with E-state index in [4.69, 9.17) is 5.11 Å². The summed E-state index contributed by atoms with van der Waals surface area (Å²) in [6, 6.07) is 0.139. The molecular formula is C10H13N3O3S. The van der Waals surface area contributed by atoms with Gasteiger partial charge in [-0.3, -0.25) is 9.59 Å². The lowest BCUT2D eigenvalue weighted by atomic mass is 9.80. The molecule has 1 aromatic heterocycles. The number of carbonyl (C=O) groups is 2. The van der Waals surface area contributed by atoms with E-state index < -0.39 is 5.97 Å². The Labute approximate surface area is 102 Å². The molecule has 1 aliphatic carbocycles. The first-order valence-electron chi connectivity index (χ1n) is 5.33. The Kier molecular flexibility index (Phi) is 3.46. The van der Waals surface area contributed by atoms with E-state index in [0.29, 0.717) is 18.6 Å². The van der Waals surface area contributed by atoms with Crippen molar-refractivity contribution < 1.29 is 14.7 Å². The summed E-state index contributed by atoms with van der Waals surface area (Å²) in [6.45, 7) is 1.51. The fraction of sp³-hybridized carbons (Fsp3) is 0.600. The summed E-state index contributed by atoms with van der Waals surface area (Å²) in [4.78, 5) is 21.4. The van der Waals surface area contributed by atoms with E-state index in [1.54, 1.807) is 10.9 Å². The van der Waals surface area contributed by atoms with Crippen molar-refractivity contribution in [1.29, 1.82) is 0 Å². The molecule has 1 aromatic rings. The van der Waals surface area contributed by atoms with Crippen LogP contribution in [0.5, 0.6) is 0 Å². The molecule has 0 aromatic carbocycles. The predicted octanol–water partition coefficient (Wildman–Crippen LogP) is 1.09. The van der Waals surface area contributed by atoms with Gasteiger partial charge in [-0.2, -0.15) is 0 Å². The third-order valence-electron chi connectivity index (χ3n) is 2.82. The topological polar surface area (TPSA) is 85.1 Å². The highest BCUT2D eigenvalue weighted by molar-refractivity contribution is 8.12. The molecule has 0 aliphatic heterocycles. The number of nitrogens with zero attached hydrogens (tertiary/aromatic N) is 3. The molecule has 0 unspecified atom stereocenters. The summed E-state index contributed by atoms with van der Waals surface area (Å²) in [5.74, 6) is -0.474. The van der Waals surface area contributed by atoms with Gasteiger partial charge >= 0.3 is 5.97 Å². The van der Waals surface area contributed by atoms with Crippen molar-refractivity contribution in [1.82, 2.24) is 15.0 Å². The number of aliphatic carboxylic acids is 1.